The SMILES string of the molecule is NS(=O)(=O)c1cnc(C(F)F)c(Cl)c1. The van der Waals surface area contributed by atoms with Gasteiger partial charge in [0.05, 0.1) is 5.02 Å². The third-order valence-electron chi connectivity index (χ3n) is 1.38. The lowest BCUT2D eigenvalue weighted by Crippen LogP contribution is -2.12. The quantitative estimate of drug-likeness (QED) is 0.850. The molecule has 1 rings (SSSR count). The molecule has 0 atom stereocenters. The number of sulfonamides is 1. The smallest absolute Gasteiger partial charge is 0.252 e. The molecular weight excluding hydrogens is 238 g/mol. The molecule has 8 heteroatoms. The van der Waals surface area contributed by atoms with Crippen LogP contribution >= 0.6 is 11.6 Å². The van der Waals surface area contributed by atoms with Crippen molar-refractivity contribution in [1.29, 1.82) is 0 Å². The first-order valence-corrected chi connectivity index (χ1v) is 5.21. The Kier molecular flexibility index (Phi) is 3.03. The summed E-state index contributed by atoms with van der Waals surface area (Å²) in [4.78, 5) is 2.81. The summed E-state index contributed by atoms with van der Waals surface area (Å²) in [6.45, 7) is 0. The van der Waals surface area contributed by atoms with Gasteiger partial charge in [-0.25, -0.2) is 22.3 Å². The highest BCUT2D eigenvalue weighted by Crippen LogP contribution is 2.26. The van der Waals surface area contributed by atoms with Crippen LogP contribution in [0.4, 0.5) is 8.78 Å². The van der Waals surface area contributed by atoms with E-state index in [-0.39, 0.29) is 0 Å². The number of hydrogen-bond acceptors (Lipinski definition) is 3. The Morgan fingerprint density at radius 2 is 2.07 bits per heavy atom. The molecule has 0 aliphatic carbocycles. The summed E-state index contributed by atoms with van der Waals surface area (Å²) in [6.07, 6.45) is -2.11. The van der Waals surface area contributed by atoms with Gasteiger partial charge in [0.15, 0.2) is 0 Å². The first-order valence-electron chi connectivity index (χ1n) is 3.29. The maximum Gasteiger partial charge on any atom is 0.281 e. The molecule has 0 aliphatic rings. The molecule has 0 saturated heterocycles. The number of nitrogens with two attached hydrogens (primary N) is 1. The fourth-order valence-electron chi connectivity index (χ4n) is 0.747. The van der Waals surface area contributed by atoms with E-state index in [9.17, 15) is 17.2 Å². The van der Waals surface area contributed by atoms with Gasteiger partial charge in [0.25, 0.3) is 6.43 Å². The Hall–Kier alpha value is -0.790. The van der Waals surface area contributed by atoms with Crippen molar-refractivity contribution in [2.75, 3.05) is 0 Å². The van der Waals surface area contributed by atoms with Crippen molar-refractivity contribution in [3.63, 3.8) is 0 Å². The van der Waals surface area contributed by atoms with Crippen LogP contribution in [0.25, 0.3) is 0 Å². The van der Waals surface area contributed by atoms with E-state index in [1.807, 2.05) is 0 Å². The van der Waals surface area contributed by atoms with Gasteiger partial charge in [-0.1, -0.05) is 11.6 Å². The first kappa shape index (κ1) is 11.3. The van der Waals surface area contributed by atoms with Gasteiger partial charge in [-0.05, 0) is 6.07 Å². The number of hydrogen-bond donors (Lipinski definition) is 1. The van der Waals surface area contributed by atoms with Crippen LogP contribution in [0.15, 0.2) is 17.2 Å². The zero-order valence-corrected chi connectivity index (χ0v) is 8.19. The number of aromatic nitrogens is 1. The van der Waals surface area contributed by atoms with Crippen LogP contribution in [0.1, 0.15) is 12.1 Å². The molecule has 0 aromatic carbocycles. The lowest BCUT2D eigenvalue weighted by Gasteiger charge is -2.03. The number of alkyl halides is 2. The minimum absolute atomic E-state index is 0.396. The molecule has 14 heavy (non-hydrogen) atoms. The average Bonchev–Trinajstić information content (AvgIpc) is 2.01. The Bertz CT molecular complexity index is 449. The molecule has 0 fully saturated rings. The van der Waals surface area contributed by atoms with Gasteiger partial charge < -0.3 is 0 Å². The zero-order valence-electron chi connectivity index (χ0n) is 6.62. The summed E-state index contributed by atoms with van der Waals surface area (Å²) in [6, 6.07) is 0.839. The van der Waals surface area contributed by atoms with Crippen molar-refractivity contribution in [2.45, 2.75) is 11.3 Å². The van der Waals surface area contributed by atoms with E-state index in [4.69, 9.17) is 16.7 Å². The van der Waals surface area contributed by atoms with Gasteiger partial charge in [0, 0.05) is 6.20 Å². The fraction of sp³-hybridized carbons (Fsp3) is 0.167. The molecule has 0 amide bonds. The van der Waals surface area contributed by atoms with Crippen molar-refractivity contribution < 1.29 is 17.2 Å². The van der Waals surface area contributed by atoms with E-state index in [0.29, 0.717) is 0 Å². The standard InChI is InChI=1S/C6H5ClF2N2O2S/c7-4-1-3(14(10,12)13)2-11-5(4)6(8)9/h1-2,6H,(H2,10,12,13). The highest BCUT2D eigenvalue weighted by Gasteiger charge is 2.17. The number of pyridine rings is 1. The molecule has 1 aromatic heterocycles. The third kappa shape index (κ3) is 2.37. The number of primary sulfonamides is 1. The maximum absolute atomic E-state index is 12.1. The lowest BCUT2D eigenvalue weighted by atomic mass is 10.3. The van der Waals surface area contributed by atoms with Crippen LogP contribution in [0, 0.1) is 0 Å². The molecule has 0 saturated carbocycles. The summed E-state index contributed by atoms with van der Waals surface area (Å²) >= 11 is 5.37. The highest BCUT2D eigenvalue weighted by molar-refractivity contribution is 7.89. The molecule has 1 aromatic rings. The van der Waals surface area contributed by atoms with Crippen LogP contribution in [-0.4, -0.2) is 13.4 Å². The first-order chi connectivity index (χ1) is 6.32. The van der Waals surface area contributed by atoms with E-state index in [1.54, 1.807) is 0 Å². The zero-order chi connectivity index (χ0) is 10.9. The molecule has 78 valence electrons. The van der Waals surface area contributed by atoms with Gasteiger partial charge in [-0.3, -0.25) is 4.98 Å². The molecule has 0 radical (unpaired) electrons. The van der Waals surface area contributed by atoms with E-state index >= 15 is 0 Å². The minimum Gasteiger partial charge on any atom is -0.252 e. The van der Waals surface area contributed by atoms with E-state index in [2.05, 4.69) is 4.98 Å². The molecular formula is C6H5ClF2N2O2S. The summed E-state index contributed by atoms with van der Waals surface area (Å²) in [5.74, 6) is 0. The van der Waals surface area contributed by atoms with Crippen LogP contribution in [-0.2, 0) is 10.0 Å². The fourth-order valence-corrected chi connectivity index (χ4v) is 1.54. The third-order valence-corrected chi connectivity index (χ3v) is 2.56. The van der Waals surface area contributed by atoms with Crippen molar-refractivity contribution in [3.8, 4) is 0 Å². The normalized spacial score (nSPS) is 12.1. The van der Waals surface area contributed by atoms with Gasteiger partial charge in [0.2, 0.25) is 10.0 Å². The van der Waals surface area contributed by atoms with Crippen LogP contribution in [0.2, 0.25) is 5.02 Å². The lowest BCUT2D eigenvalue weighted by molar-refractivity contribution is 0.146. The second-order valence-electron chi connectivity index (χ2n) is 2.38. The van der Waals surface area contributed by atoms with Crippen molar-refractivity contribution in [3.05, 3.63) is 23.0 Å². The summed E-state index contributed by atoms with van der Waals surface area (Å²) in [5, 5.41) is 4.31. The van der Waals surface area contributed by atoms with Crippen molar-refractivity contribution >= 4 is 21.6 Å². The highest BCUT2D eigenvalue weighted by atomic mass is 35.5. The molecule has 0 bridgehead atoms. The number of nitrogens with zero attached hydrogens (tertiary/aromatic N) is 1. The van der Waals surface area contributed by atoms with E-state index in [0.717, 1.165) is 12.3 Å². The minimum atomic E-state index is -3.96. The summed E-state index contributed by atoms with van der Waals surface area (Å²) in [7, 11) is -3.96. The summed E-state index contributed by atoms with van der Waals surface area (Å²) < 4.78 is 45.8. The molecule has 4 nitrogen and oxygen atoms in total. The molecule has 0 aliphatic heterocycles. The largest absolute Gasteiger partial charge is 0.281 e. The molecule has 0 unspecified atom stereocenters. The number of halogens is 3. The average molecular weight is 243 g/mol. The van der Waals surface area contributed by atoms with Crippen molar-refractivity contribution in [1.82, 2.24) is 4.98 Å². The maximum atomic E-state index is 12.1. The second kappa shape index (κ2) is 3.76. The number of rotatable bonds is 2. The van der Waals surface area contributed by atoms with Crippen LogP contribution in [0.3, 0.4) is 0 Å². The molecule has 1 heterocycles. The molecule has 2 N–H and O–H groups in total. The Morgan fingerprint density at radius 3 is 2.43 bits per heavy atom. The van der Waals surface area contributed by atoms with E-state index < -0.39 is 32.1 Å². The summed E-state index contributed by atoms with van der Waals surface area (Å²) in [5.41, 5.74) is -0.668. The van der Waals surface area contributed by atoms with Gasteiger partial charge >= 0.3 is 0 Å². The Morgan fingerprint density at radius 1 is 1.50 bits per heavy atom. The van der Waals surface area contributed by atoms with Crippen molar-refractivity contribution in [2.24, 2.45) is 5.14 Å². The predicted molar refractivity (Wildman–Crippen MR) is 45.6 cm³/mol. The topological polar surface area (TPSA) is 73.1 Å². The monoisotopic (exact) mass is 242 g/mol. The van der Waals surface area contributed by atoms with Gasteiger partial charge in [-0.2, -0.15) is 0 Å². The van der Waals surface area contributed by atoms with Crippen LogP contribution in [0.5, 0.6) is 0 Å². The Labute approximate surface area is 83.8 Å². The van der Waals surface area contributed by atoms with Gasteiger partial charge in [-0.15, -0.1) is 0 Å². The van der Waals surface area contributed by atoms with E-state index in [1.165, 1.54) is 0 Å². The predicted octanol–water partition coefficient (Wildman–Crippen LogP) is 1.32. The Balaban J connectivity index is 3.27. The second-order valence-corrected chi connectivity index (χ2v) is 4.35. The van der Waals surface area contributed by atoms with Crippen LogP contribution < -0.4 is 5.14 Å². The molecule has 0 spiro atoms. The van der Waals surface area contributed by atoms with Gasteiger partial charge in [0.1, 0.15) is 10.6 Å².